The largest absolute Gasteiger partial charge is 0.350 e. The summed E-state index contributed by atoms with van der Waals surface area (Å²) in [6, 6.07) is 0. The summed E-state index contributed by atoms with van der Waals surface area (Å²) in [6.07, 6.45) is 6.01. The van der Waals surface area contributed by atoms with Crippen LogP contribution in [0.3, 0.4) is 0 Å². The topological polar surface area (TPSA) is 35.5 Å². The molecule has 2 aliphatic rings. The van der Waals surface area contributed by atoms with Crippen molar-refractivity contribution in [3.8, 4) is 0 Å². The molecule has 3 nitrogen and oxygen atoms in total. The lowest BCUT2D eigenvalue weighted by Crippen LogP contribution is -2.41. The smallest absolute Gasteiger partial charge is 0.168 e. The van der Waals surface area contributed by atoms with E-state index in [1.807, 2.05) is 0 Å². The second-order valence-electron chi connectivity index (χ2n) is 4.21. The molecule has 0 amide bonds. The lowest BCUT2D eigenvalue weighted by molar-refractivity contribution is -0.274. The minimum atomic E-state index is -0.334. The molecule has 1 saturated heterocycles. The van der Waals surface area contributed by atoms with Crippen molar-refractivity contribution in [1.82, 2.24) is 0 Å². The van der Waals surface area contributed by atoms with Gasteiger partial charge in [-0.3, -0.25) is 4.79 Å². The Balaban J connectivity index is 1.93. The summed E-state index contributed by atoms with van der Waals surface area (Å²) in [5.41, 5.74) is 0. The Kier molecular flexibility index (Phi) is 3.19. The Bertz CT molecular complexity index is 193. The summed E-state index contributed by atoms with van der Waals surface area (Å²) in [6.45, 7) is 1.63. The van der Waals surface area contributed by atoms with Gasteiger partial charge in [0.05, 0.1) is 13.2 Å². The zero-order valence-corrected chi connectivity index (χ0v) is 8.59. The summed E-state index contributed by atoms with van der Waals surface area (Å²) in [5, 5.41) is 0. The first-order valence-corrected chi connectivity index (χ1v) is 5.60. The van der Waals surface area contributed by atoms with E-state index in [1.165, 1.54) is 0 Å². The average Bonchev–Trinajstić information content (AvgIpc) is 2.17. The van der Waals surface area contributed by atoms with Gasteiger partial charge < -0.3 is 9.47 Å². The molecule has 0 radical (unpaired) electrons. The number of hydrogen-bond acceptors (Lipinski definition) is 3. The molecule has 1 spiro atoms. The van der Waals surface area contributed by atoms with Crippen molar-refractivity contribution in [2.75, 3.05) is 13.2 Å². The molecule has 80 valence electrons. The average molecular weight is 198 g/mol. The molecule has 1 aliphatic carbocycles. The van der Waals surface area contributed by atoms with E-state index in [2.05, 4.69) is 0 Å². The Morgan fingerprint density at radius 1 is 0.929 bits per heavy atom. The van der Waals surface area contributed by atoms with Gasteiger partial charge >= 0.3 is 0 Å². The van der Waals surface area contributed by atoms with Crippen molar-refractivity contribution in [2.24, 2.45) is 0 Å². The lowest BCUT2D eigenvalue weighted by Gasteiger charge is -2.38. The molecular formula is C11H18O3. The SMILES string of the molecule is O=C1CCCC2(CCC1)OCCCO2. The minimum Gasteiger partial charge on any atom is -0.350 e. The first-order valence-electron chi connectivity index (χ1n) is 5.60. The lowest BCUT2D eigenvalue weighted by atomic mass is 9.94. The van der Waals surface area contributed by atoms with Crippen LogP contribution in [0.2, 0.25) is 0 Å². The molecule has 1 saturated carbocycles. The van der Waals surface area contributed by atoms with E-state index in [1.54, 1.807) is 0 Å². The summed E-state index contributed by atoms with van der Waals surface area (Å²) < 4.78 is 11.5. The molecule has 0 aromatic heterocycles. The highest BCUT2D eigenvalue weighted by Gasteiger charge is 2.34. The zero-order chi connectivity index (χ0) is 9.86. The van der Waals surface area contributed by atoms with Crippen LogP contribution in [-0.4, -0.2) is 24.8 Å². The maximum atomic E-state index is 11.2. The maximum absolute atomic E-state index is 11.2. The van der Waals surface area contributed by atoms with Crippen LogP contribution in [0.25, 0.3) is 0 Å². The molecule has 0 unspecified atom stereocenters. The fourth-order valence-electron chi connectivity index (χ4n) is 2.27. The molecule has 2 rings (SSSR count). The van der Waals surface area contributed by atoms with Crippen molar-refractivity contribution in [1.29, 1.82) is 0 Å². The van der Waals surface area contributed by atoms with Gasteiger partial charge in [-0.2, -0.15) is 0 Å². The van der Waals surface area contributed by atoms with Gasteiger partial charge in [0.2, 0.25) is 0 Å². The Hall–Kier alpha value is -0.410. The van der Waals surface area contributed by atoms with Crippen LogP contribution in [-0.2, 0) is 14.3 Å². The number of rotatable bonds is 0. The Labute approximate surface area is 84.8 Å². The molecule has 14 heavy (non-hydrogen) atoms. The normalized spacial score (nSPS) is 28.4. The van der Waals surface area contributed by atoms with Crippen LogP contribution in [0.15, 0.2) is 0 Å². The minimum absolute atomic E-state index is 0.334. The molecule has 1 heterocycles. The number of carbonyl (C=O) groups is 1. The second-order valence-corrected chi connectivity index (χ2v) is 4.21. The molecule has 1 aliphatic heterocycles. The standard InChI is InChI=1S/C11H18O3/c12-10-4-1-6-11(7-2-5-10)13-8-3-9-14-11/h1-9H2. The quantitative estimate of drug-likeness (QED) is 0.597. The van der Waals surface area contributed by atoms with Gasteiger partial charge in [-0.25, -0.2) is 0 Å². The van der Waals surface area contributed by atoms with Gasteiger partial charge in [0, 0.05) is 25.7 Å². The molecule has 0 aromatic carbocycles. The van der Waals surface area contributed by atoms with Crippen LogP contribution >= 0.6 is 0 Å². The van der Waals surface area contributed by atoms with E-state index in [0.29, 0.717) is 18.6 Å². The van der Waals surface area contributed by atoms with Crippen molar-refractivity contribution < 1.29 is 14.3 Å². The number of carbonyl (C=O) groups excluding carboxylic acids is 1. The Morgan fingerprint density at radius 2 is 1.50 bits per heavy atom. The first-order chi connectivity index (χ1) is 6.81. The highest BCUT2D eigenvalue weighted by molar-refractivity contribution is 5.78. The van der Waals surface area contributed by atoms with E-state index in [-0.39, 0.29) is 5.79 Å². The maximum Gasteiger partial charge on any atom is 0.168 e. The van der Waals surface area contributed by atoms with Crippen LogP contribution in [0.4, 0.5) is 0 Å². The fourth-order valence-corrected chi connectivity index (χ4v) is 2.27. The van der Waals surface area contributed by atoms with Crippen LogP contribution in [0.1, 0.15) is 44.9 Å². The molecule has 0 aromatic rings. The number of Topliss-reactive ketones (excluding diaryl/α,β-unsaturated/α-hetero) is 1. The molecule has 0 bridgehead atoms. The Morgan fingerprint density at radius 3 is 2.07 bits per heavy atom. The van der Waals surface area contributed by atoms with Crippen molar-refractivity contribution in [2.45, 2.75) is 50.7 Å². The predicted octanol–water partition coefficient (Wildman–Crippen LogP) is 2.04. The number of ketones is 1. The van der Waals surface area contributed by atoms with Crippen molar-refractivity contribution in [3.05, 3.63) is 0 Å². The van der Waals surface area contributed by atoms with Gasteiger partial charge in [0.25, 0.3) is 0 Å². The van der Waals surface area contributed by atoms with Gasteiger partial charge in [-0.15, -0.1) is 0 Å². The molecule has 0 N–H and O–H groups in total. The van der Waals surface area contributed by atoms with Gasteiger partial charge in [-0.1, -0.05) is 0 Å². The molecule has 0 atom stereocenters. The van der Waals surface area contributed by atoms with Crippen molar-refractivity contribution >= 4 is 5.78 Å². The van der Waals surface area contributed by atoms with E-state index >= 15 is 0 Å². The van der Waals surface area contributed by atoms with Gasteiger partial charge in [0.15, 0.2) is 5.79 Å². The molecule has 2 fully saturated rings. The summed E-state index contributed by atoms with van der Waals surface area (Å²) in [4.78, 5) is 11.2. The van der Waals surface area contributed by atoms with Gasteiger partial charge in [0.1, 0.15) is 5.78 Å². The van der Waals surface area contributed by atoms with E-state index in [0.717, 1.165) is 45.3 Å². The molecular weight excluding hydrogens is 180 g/mol. The highest BCUT2D eigenvalue weighted by atomic mass is 16.7. The van der Waals surface area contributed by atoms with E-state index in [9.17, 15) is 4.79 Å². The number of ether oxygens (including phenoxy) is 2. The zero-order valence-electron chi connectivity index (χ0n) is 8.59. The summed E-state index contributed by atoms with van der Waals surface area (Å²) in [5.74, 6) is 0.0644. The second kappa shape index (κ2) is 4.41. The third kappa shape index (κ3) is 2.34. The third-order valence-corrected chi connectivity index (χ3v) is 3.05. The summed E-state index contributed by atoms with van der Waals surface area (Å²) >= 11 is 0. The van der Waals surface area contributed by atoms with Gasteiger partial charge in [-0.05, 0) is 19.3 Å². The molecule has 3 heteroatoms. The van der Waals surface area contributed by atoms with E-state index < -0.39 is 0 Å². The van der Waals surface area contributed by atoms with Crippen molar-refractivity contribution in [3.63, 3.8) is 0 Å². The van der Waals surface area contributed by atoms with E-state index in [4.69, 9.17) is 9.47 Å². The highest BCUT2D eigenvalue weighted by Crippen LogP contribution is 2.32. The number of hydrogen-bond donors (Lipinski definition) is 0. The summed E-state index contributed by atoms with van der Waals surface area (Å²) in [7, 11) is 0. The van der Waals surface area contributed by atoms with Crippen LogP contribution in [0.5, 0.6) is 0 Å². The fraction of sp³-hybridized carbons (Fsp3) is 0.909. The third-order valence-electron chi connectivity index (χ3n) is 3.05. The van der Waals surface area contributed by atoms with Crippen LogP contribution in [0, 0.1) is 0 Å². The van der Waals surface area contributed by atoms with Crippen LogP contribution < -0.4 is 0 Å². The first kappa shape index (κ1) is 10.1. The monoisotopic (exact) mass is 198 g/mol. The predicted molar refractivity (Wildman–Crippen MR) is 52.0 cm³/mol.